The summed E-state index contributed by atoms with van der Waals surface area (Å²) in [7, 11) is 0. The van der Waals surface area contributed by atoms with E-state index in [-0.39, 0.29) is 12.1 Å². The Morgan fingerprint density at radius 1 is 1.14 bits per heavy atom. The van der Waals surface area contributed by atoms with Crippen molar-refractivity contribution in [2.45, 2.75) is 0 Å². The van der Waals surface area contributed by atoms with E-state index in [1.54, 1.807) is 12.1 Å². The number of para-hydroxylation sites is 1. The third-order valence-electron chi connectivity index (χ3n) is 2.66. The molecule has 2 rings (SSSR count). The molecule has 0 spiro atoms. The number of hydrogen-bond acceptors (Lipinski definition) is 2. The van der Waals surface area contributed by atoms with Crippen LogP contribution >= 0.6 is 0 Å². The van der Waals surface area contributed by atoms with Gasteiger partial charge in [0.05, 0.1) is 6.54 Å². The maximum absolute atomic E-state index is 13.5. The van der Waals surface area contributed by atoms with Crippen LogP contribution in [-0.4, -0.2) is 12.5 Å². The van der Waals surface area contributed by atoms with Crippen molar-refractivity contribution in [3.8, 4) is 11.8 Å². The van der Waals surface area contributed by atoms with Gasteiger partial charge in [0.1, 0.15) is 17.3 Å². The lowest BCUT2D eigenvalue weighted by Gasteiger charge is -2.07. The summed E-state index contributed by atoms with van der Waals surface area (Å²) in [5.41, 5.74) is 5.65. The van der Waals surface area contributed by atoms with Crippen molar-refractivity contribution >= 4 is 11.6 Å². The smallest absolute Gasteiger partial charge is 0.255 e. The van der Waals surface area contributed by atoms with Gasteiger partial charge in [-0.05, 0) is 30.3 Å². The topological polar surface area (TPSA) is 55.1 Å². The second-order valence-electron chi connectivity index (χ2n) is 4.14. The molecule has 0 aliphatic heterocycles. The molecule has 0 atom stereocenters. The number of nitrogens with two attached hydrogens (primary N) is 1. The summed E-state index contributed by atoms with van der Waals surface area (Å²) in [4.78, 5) is 12.0. The molecular weight excluding hydrogens is 274 g/mol. The predicted octanol–water partition coefficient (Wildman–Crippen LogP) is 2.53. The second kappa shape index (κ2) is 6.64. The summed E-state index contributed by atoms with van der Waals surface area (Å²) in [5, 5.41) is 2.22. The molecule has 3 N–H and O–H groups in total. The quantitative estimate of drug-likeness (QED) is 0.834. The van der Waals surface area contributed by atoms with Gasteiger partial charge < -0.3 is 11.1 Å². The van der Waals surface area contributed by atoms with Crippen LogP contribution in [0, 0.1) is 23.5 Å². The van der Waals surface area contributed by atoms with E-state index in [0.29, 0.717) is 5.56 Å². The van der Waals surface area contributed by atoms with Crippen molar-refractivity contribution in [3.63, 3.8) is 0 Å². The van der Waals surface area contributed by atoms with Crippen LogP contribution in [-0.2, 0) is 0 Å². The molecular formula is C16H12F2N2O. The molecule has 0 saturated heterocycles. The number of carbonyl (C=O) groups is 1. The highest BCUT2D eigenvalue weighted by Crippen LogP contribution is 2.19. The third kappa shape index (κ3) is 3.65. The lowest BCUT2D eigenvalue weighted by molar-refractivity contribution is 0.102. The fourth-order valence-electron chi connectivity index (χ4n) is 1.69. The molecule has 1 amide bonds. The standard InChI is InChI=1S/C16H12F2N2O/c17-13-7-2-8-14(18)15(13)20-16(21)12-6-1-4-11(10-12)5-3-9-19/h1-2,4,6-8,10H,9,19H2,(H,20,21). The Morgan fingerprint density at radius 2 is 1.81 bits per heavy atom. The number of carbonyl (C=O) groups excluding carboxylic acids is 1. The van der Waals surface area contributed by atoms with Crippen LogP contribution in [0.15, 0.2) is 42.5 Å². The van der Waals surface area contributed by atoms with Crippen LogP contribution in [0.3, 0.4) is 0 Å². The molecule has 0 bridgehead atoms. The van der Waals surface area contributed by atoms with Crippen LogP contribution in [0.4, 0.5) is 14.5 Å². The third-order valence-corrected chi connectivity index (χ3v) is 2.66. The van der Waals surface area contributed by atoms with Gasteiger partial charge >= 0.3 is 0 Å². The Morgan fingerprint density at radius 3 is 2.48 bits per heavy atom. The number of rotatable bonds is 2. The molecule has 0 aromatic heterocycles. The van der Waals surface area contributed by atoms with E-state index in [1.165, 1.54) is 18.2 Å². The first kappa shape index (κ1) is 14.7. The number of anilines is 1. The summed E-state index contributed by atoms with van der Waals surface area (Å²) in [6.07, 6.45) is 0. The summed E-state index contributed by atoms with van der Waals surface area (Å²) < 4.78 is 27.0. The van der Waals surface area contributed by atoms with E-state index in [0.717, 1.165) is 12.1 Å². The zero-order chi connectivity index (χ0) is 15.2. The number of benzene rings is 2. The largest absolute Gasteiger partial charge is 0.320 e. The fraction of sp³-hybridized carbons (Fsp3) is 0.0625. The summed E-state index contributed by atoms with van der Waals surface area (Å²) in [6, 6.07) is 9.77. The van der Waals surface area contributed by atoms with E-state index in [2.05, 4.69) is 17.2 Å². The van der Waals surface area contributed by atoms with Crippen LogP contribution in [0.2, 0.25) is 0 Å². The van der Waals surface area contributed by atoms with E-state index < -0.39 is 23.2 Å². The van der Waals surface area contributed by atoms with Crippen molar-refractivity contribution < 1.29 is 13.6 Å². The molecule has 0 fully saturated rings. The average Bonchev–Trinajstić information content (AvgIpc) is 2.49. The Hall–Kier alpha value is -2.71. The summed E-state index contributed by atoms with van der Waals surface area (Å²) in [5.74, 6) is 3.17. The molecule has 2 aromatic carbocycles. The summed E-state index contributed by atoms with van der Waals surface area (Å²) >= 11 is 0. The summed E-state index contributed by atoms with van der Waals surface area (Å²) in [6.45, 7) is 0.205. The second-order valence-corrected chi connectivity index (χ2v) is 4.14. The predicted molar refractivity (Wildman–Crippen MR) is 76.7 cm³/mol. The maximum Gasteiger partial charge on any atom is 0.255 e. The monoisotopic (exact) mass is 286 g/mol. The van der Waals surface area contributed by atoms with Crippen LogP contribution < -0.4 is 11.1 Å². The Labute approximate surface area is 120 Å². The first-order valence-electron chi connectivity index (χ1n) is 6.16. The lowest BCUT2D eigenvalue weighted by atomic mass is 10.1. The van der Waals surface area contributed by atoms with Crippen molar-refractivity contribution in [1.82, 2.24) is 0 Å². The van der Waals surface area contributed by atoms with Crippen LogP contribution in [0.5, 0.6) is 0 Å². The molecule has 0 saturated carbocycles. The molecule has 0 unspecified atom stereocenters. The minimum atomic E-state index is -0.831. The first-order chi connectivity index (χ1) is 10.1. The van der Waals surface area contributed by atoms with Crippen molar-refractivity contribution in [3.05, 3.63) is 65.2 Å². The SMILES string of the molecule is NCC#Cc1cccc(C(=O)Nc2c(F)cccc2F)c1. The molecule has 3 nitrogen and oxygen atoms in total. The molecule has 0 aliphatic rings. The fourth-order valence-corrected chi connectivity index (χ4v) is 1.69. The number of hydrogen-bond donors (Lipinski definition) is 2. The Balaban J connectivity index is 2.25. The molecule has 0 heterocycles. The van der Waals surface area contributed by atoms with Gasteiger partial charge in [-0.25, -0.2) is 8.78 Å². The molecule has 2 aromatic rings. The van der Waals surface area contributed by atoms with E-state index in [9.17, 15) is 13.6 Å². The van der Waals surface area contributed by atoms with Gasteiger partial charge in [0.2, 0.25) is 0 Å². The number of halogens is 2. The highest BCUT2D eigenvalue weighted by molar-refractivity contribution is 6.04. The van der Waals surface area contributed by atoms with E-state index in [1.807, 2.05) is 0 Å². The minimum Gasteiger partial charge on any atom is -0.320 e. The minimum absolute atomic E-state index is 0.205. The van der Waals surface area contributed by atoms with Gasteiger partial charge in [0.15, 0.2) is 0 Å². The van der Waals surface area contributed by atoms with Crippen LogP contribution in [0.1, 0.15) is 15.9 Å². The van der Waals surface area contributed by atoms with Crippen LogP contribution in [0.25, 0.3) is 0 Å². The van der Waals surface area contributed by atoms with Gasteiger partial charge in [0.25, 0.3) is 5.91 Å². The van der Waals surface area contributed by atoms with Gasteiger partial charge in [-0.1, -0.05) is 24.0 Å². The van der Waals surface area contributed by atoms with Gasteiger partial charge in [-0.3, -0.25) is 4.79 Å². The Bertz CT molecular complexity index is 712. The number of amides is 1. The lowest BCUT2D eigenvalue weighted by Crippen LogP contribution is -2.14. The van der Waals surface area contributed by atoms with E-state index in [4.69, 9.17) is 5.73 Å². The van der Waals surface area contributed by atoms with Crippen molar-refractivity contribution in [2.75, 3.05) is 11.9 Å². The average molecular weight is 286 g/mol. The molecule has 5 heteroatoms. The number of nitrogens with one attached hydrogen (secondary N) is 1. The van der Waals surface area contributed by atoms with Crippen molar-refractivity contribution in [1.29, 1.82) is 0 Å². The molecule has 0 radical (unpaired) electrons. The Kier molecular flexibility index (Phi) is 4.64. The van der Waals surface area contributed by atoms with Gasteiger partial charge in [0, 0.05) is 11.1 Å². The highest BCUT2D eigenvalue weighted by Gasteiger charge is 2.13. The molecule has 21 heavy (non-hydrogen) atoms. The normalized spacial score (nSPS) is 9.67. The molecule has 0 aliphatic carbocycles. The van der Waals surface area contributed by atoms with Gasteiger partial charge in [-0.15, -0.1) is 0 Å². The highest BCUT2D eigenvalue weighted by atomic mass is 19.1. The zero-order valence-corrected chi connectivity index (χ0v) is 11.0. The van der Waals surface area contributed by atoms with Gasteiger partial charge in [-0.2, -0.15) is 0 Å². The maximum atomic E-state index is 13.5. The molecule has 106 valence electrons. The first-order valence-corrected chi connectivity index (χ1v) is 6.16. The van der Waals surface area contributed by atoms with Crippen molar-refractivity contribution in [2.24, 2.45) is 5.73 Å². The zero-order valence-electron chi connectivity index (χ0n) is 11.0. The van der Waals surface area contributed by atoms with E-state index >= 15 is 0 Å².